The number of methoxy groups -OCH3 is 1. The average Bonchev–Trinajstić information content (AvgIpc) is 2.49. The van der Waals surface area contributed by atoms with Gasteiger partial charge in [0, 0.05) is 12.1 Å². The molecule has 2 aromatic carbocycles. The molecule has 2 aromatic rings. The smallest absolute Gasteiger partial charge is 0.166 e. The Morgan fingerprint density at radius 1 is 1.05 bits per heavy atom. The van der Waals surface area contributed by atoms with Crippen LogP contribution in [0.3, 0.4) is 0 Å². The Morgan fingerprint density at radius 2 is 1.86 bits per heavy atom. The predicted molar refractivity (Wildman–Crippen MR) is 86.0 cm³/mol. The van der Waals surface area contributed by atoms with Crippen LogP contribution in [0, 0.1) is 13.8 Å². The molecule has 0 aliphatic rings. The fourth-order valence-electron chi connectivity index (χ4n) is 2.32. The lowest BCUT2D eigenvalue weighted by atomic mass is 10.1. The monoisotopic (exact) mass is 285 g/mol. The van der Waals surface area contributed by atoms with Crippen molar-refractivity contribution in [3.05, 3.63) is 58.7 Å². The van der Waals surface area contributed by atoms with Gasteiger partial charge in [0.05, 0.1) is 7.11 Å². The number of hydrogen-bond donors (Lipinski definition) is 1. The summed E-state index contributed by atoms with van der Waals surface area (Å²) >= 11 is 0. The molecule has 0 heterocycles. The van der Waals surface area contributed by atoms with Crippen LogP contribution in [0.1, 0.15) is 22.3 Å². The molecule has 112 valence electrons. The van der Waals surface area contributed by atoms with Gasteiger partial charge in [-0.05, 0) is 38.1 Å². The van der Waals surface area contributed by atoms with E-state index in [1.54, 1.807) is 7.11 Å². The standard InChI is InChI=1S/C18H23NO2/c1-13-8-9-14(2)16(10-13)12-21-18-15(11-19-3)6-5-7-17(18)20-4/h5-10,19H,11-12H2,1-4H3. The van der Waals surface area contributed by atoms with E-state index in [0.717, 1.165) is 23.6 Å². The highest BCUT2D eigenvalue weighted by Crippen LogP contribution is 2.32. The van der Waals surface area contributed by atoms with E-state index in [0.29, 0.717) is 6.61 Å². The summed E-state index contributed by atoms with van der Waals surface area (Å²) in [5.74, 6) is 1.59. The second-order valence-corrected chi connectivity index (χ2v) is 5.20. The van der Waals surface area contributed by atoms with Crippen molar-refractivity contribution >= 4 is 0 Å². The van der Waals surface area contributed by atoms with E-state index >= 15 is 0 Å². The van der Waals surface area contributed by atoms with Crippen molar-refractivity contribution in [3.63, 3.8) is 0 Å². The normalized spacial score (nSPS) is 10.5. The summed E-state index contributed by atoms with van der Waals surface area (Å²) in [7, 11) is 3.59. The van der Waals surface area contributed by atoms with Crippen molar-refractivity contribution in [2.24, 2.45) is 0 Å². The van der Waals surface area contributed by atoms with Crippen LogP contribution in [-0.2, 0) is 13.2 Å². The molecule has 0 atom stereocenters. The Hall–Kier alpha value is -2.00. The maximum atomic E-state index is 6.07. The van der Waals surface area contributed by atoms with Crippen molar-refractivity contribution in [2.75, 3.05) is 14.2 Å². The van der Waals surface area contributed by atoms with Gasteiger partial charge in [0.15, 0.2) is 11.5 Å². The topological polar surface area (TPSA) is 30.5 Å². The first kappa shape index (κ1) is 15.4. The van der Waals surface area contributed by atoms with Gasteiger partial charge in [-0.15, -0.1) is 0 Å². The third-order valence-corrected chi connectivity index (χ3v) is 3.52. The molecule has 0 aliphatic heterocycles. The van der Waals surface area contributed by atoms with E-state index in [1.807, 2.05) is 19.2 Å². The minimum atomic E-state index is 0.546. The molecule has 0 amide bonds. The zero-order valence-corrected chi connectivity index (χ0v) is 13.2. The van der Waals surface area contributed by atoms with Crippen LogP contribution in [0.2, 0.25) is 0 Å². The van der Waals surface area contributed by atoms with Gasteiger partial charge in [0.2, 0.25) is 0 Å². The highest BCUT2D eigenvalue weighted by Gasteiger charge is 2.11. The molecule has 3 nitrogen and oxygen atoms in total. The second kappa shape index (κ2) is 7.14. The Bertz CT molecular complexity index is 608. The molecule has 0 radical (unpaired) electrons. The van der Waals surface area contributed by atoms with Crippen LogP contribution in [0.15, 0.2) is 36.4 Å². The van der Waals surface area contributed by atoms with E-state index in [1.165, 1.54) is 16.7 Å². The van der Waals surface area contributed by atoms with Gasteiger partial charge in [-0.2, -0.15) is 0 Å². The number of benzene rings is 2. The molecule has 0 spiro atoms. The van der Waals surface area contributed by atoms with Crippen LogP contribution >= 0.6 is 0 Å². The van der Waals surface area contributed by atoms with E-state index < -0.39 is 0 Å². The minimum Gasteiger partial charge on any atom is -0.493 e. The fraction of sp³-hybridized carbons (Fsp3) is 0.333. The van der Waals surface area contributed by atoms with E-state index in [9.17, 15) is 0 Å². The lowest BCUT2D eigenvalue weighted by molar-refractivity contribution is 0.280. The molecule has 0 unspecified atom stereocenters. The lowest BCUT2D eigenvalue weighted by Crippen LogP contribution is -2.09. The maximum Gasteiger partial charge on any atom is 0.166 e. The largest absolute Gasteiger partial charge is 0.493 e. The summed E-state index contributed by atoms with van der Waals surface area (Å²) in [6.45, 7) is 5.50. The van der Waals surface area contributed by atoms with Crippen molar-refractivity contribution in [1.29, 1.82) is 0 Å². The molecule has 1 N–H and O–H groups in total. The van der Waals surface area contributed by atoms with Crippen molar-refractivity contribution in [3.8, 4) is 11.5 Å². The van der Waals surface area contributed by atoms with Gasteiger partial charge in [0.1, 0.15) is 6.61 Å². The number of ether oxygens (including phenoxy) is 2. The Labute approximate surface area is 126 Å². The Kier molecular flexibility index (Phi) is 5.23. The molecule has 0 aliphatic carbocycles. The van der Waals surface area contributed by atoms with Gasteiger partial charge in [-0.1, -0.05) is 35.9 Å². The molecule has 0 saturated heterocycles. The van der Waals surface area contributed by atoms with E-state index in [2.05, 4.69) is 43.4 Å². The van der Waals surface area contributed by atoms with Gasteiger partial charge in [-0.25, -0.2) is 0 Å². The number of hydrogen-bond acceptors (Lipinski definition) is 3. The van der Waals surface area contributed by atoms with Gasteiger partial charge >= 0.3 is 0 Å². The third kappa shape index (κ3) is 3.76. The summed E-state index contributed by atoms with van der Waals surface area (Å²) in [4.78, 5) is 0. The van der Waals surface area contributed by atoms with Crippen LogP contribution in [0.25, 0.3) is 0 Å². The molecule has 3 heteroatoms. The highest BCUT2D eigenvalue weighted by molar-refractivity contribution is 5.47. The first-order valence-electron chi connectivity index (χ1n) is 7.15. The van der Waals surface area contributed by atoms with Gasteiger partial charge < -0.3 is 14.8 Å². The third-order valence-electron chi connectivity index (χ3n) is 3.52. The predicted octanol–water partition coefficient (Wildman–Crippen LogP) is 3.61. The second-order valence-electron chi connectivity index (χ2n) is 5.20. The lowest BCUT2D eigenvalue weighted by Gasteiger charge is -2.16. The van der Waals surface area contributed by atoms with Crippen LogP contribution < -0.4 is 14.8 Å². The quantitative estimate of drug-likeness (QED) is 0.879. The first-order valence-corrected chi connectivity index (χ1v) is 7.15. The Morgan fingerprint density at radius 3 is 2.57 bits per heavy atom. The van der Waals surface area contributed by atoms with Gasteiger partial charge in [-0.3, -0.25) is 0 Å². The number of para-hydroxylation sites is 1. The summed E-state index contributed by atoms with van der Waals surface area (Å²) in [6, 6.07) is 12.4. The van der Waals surface area contributed by atoms with Gasteiger partial charge in [0.25, 0.3) is 0 Å². The number of nitrogens with one attached hydrogen (secondary N) is 1. The molecule has 0 bridgehead atoms. The fourth-order valence-corrected chi connectivity index (χ4v) is 2.32. The summed E-state index contributed by atoms with van der Waals surface area (Å²) in [5.41, 5.74) is 4.79. The SMILES string of the molecule is CNCc1cccc(OC)c1OCc1cc(C)ccc1C. The molecule has 21 heavy (non-hydrogen) atoms. The molecule has 0 saturated carbocycles. The van der Waals surface area contributed by atoms with Crippen LogP contribution in [-0.4, -0.2) is 14.2 Å². The van der Waals surface area contributed by atoms with Crippen molar-refractivity contribution in [1.82, 2.24) is 5.32 Å². The zero-order chi connectivity index (χ0) is 15.2. The summed E-state index contributed by atoms with van der Waals surface area (Å²) < 4.78 is 11.5. The minimum absolute atomic E-state index is 0.546. The number of aryl methyl sites for hydroxylation is 2. The maximum absolute atomic E-state index is 6.07. The van der Waals surface area contributed by atoms with Crippen molar-refractivity contribution < 1.29 is 9.47 Å². The molecular formula is C18H23NO2. The average molecular weight is 285 g/mol. The van der Waals surface area contributed by atoms with E-state index in [4.69, 9.17) is 9.47 Å². The first-order chi connectivity index (χ1) is 10.2. The van der Waals surface area contributed by atoms with Crippen LogP contribution in [0.4, 0.5) is 0 Å². The summed E-state index contributed by atoms with van der Waals surface area (Å²) in [6.07, 6.45) is 0. The summed E-state index contributed by atoms with van der Waals surface area (Å²) in [5, 5.41) is 3.16. The van der Waals surface area contributed by atoms with E-state index in [-0.39, 0.29) is 0 Å². The number of rotatable bonds is 6. The Balaban J connectivity index is 2.24. The zero-order valence-electron chi connectivity index (χ0n) is 13.2. The molecule has 2 rings (SSSR count). The molecular weight excluding hydrogens is 262 g/mol. The molecule has 0 aromatic heterocycles. The molecule has 0 fully saturated rings. The highest BCUT2D eigenvalue weighted by atomic mass is 16.5. The van der Waals surface area contributed by atoms with Crippen LogP contribution in [0.5, 0.6) is 11.5 Å². The van der Waals surface area contributed by atoms with Crippen molar-refractivity contribution in [2.45, 2.75) is 27.0 Å².